The molecule has 2 nitrogen and oxygen atoms in total. The fourth-order valence-electron chi connectivity index (χ4n) is 1.30. The largest absolute Gasteiger partial charge is 0.335 e. The number of nitrogens with zero attached hydrogens (tertiary/aromatic N) is 1. The van der Waals surface area contributed by atoms with Crippen molar-refractivity contribution < 1.29 is 4.79 Å². The van der Waals surface area contributed by atoms with Gasteiger partial charge in [0.2, 0.25) is 5.91 Å². The second-order valence-electron chi connectivity index (χ2n) is 3.38. The first-order valence-corrected chi connectivity index (χ1v) is 5.08. The monoisotopic (exact) mass is 223 g/mol. The third kappa shape index (κ3) is 2.83. The number of halogens is 1. The molecule has 1 atom stereocenters. The van der Waals surface area contributed by atoms with E-state index in [1.807, 2.05) is 31.2 Å². The molecule has 0 saturated heterocycles. The zero-order chi connectivity index (χ0) is 11.4. The van der Waals surface area contributed by atoms with Crippen molar-refractivity contribution in [3.63, 3.8) is 0 Å². The molecule has 0 spiro atoms. The van der Waals surface area contributed by atoms with Gasteiger partial charge in [-0.25, -0.2) is 0 Å². The Morgan fingerprint density at radius 3 is 2.47 bits per heavy atom. The highest BCUT2D eigenvalue weighted by Crippen LogP contribution is 2.20. The molecule has 0 bridgehead atoms. The molecule has 1 aromatic rings. The molecule has 0 aromatic heterocycles. The van der Waals surface area contributed by atoms with E-state index in [1.54, 1.807) is 11.9 Å². The standard InChI is InChI=1S/C12H14ClNO/c1-4-12(15)14(3)9(2)10-5-7-11(13)8-6-10/h4-9H,1H2,2-3H3. The van der Waals surface area contributed by atoms with Gasteiger partial charge in [0.25, 0.3) is 0 Å². The maximum atomic E-state index is 11.4. The van der Waals surface area contributed by atoms with Gasteiger partial charge in [-0.15, -0.1) is 0 Å². The molecule has 0 heterocycles. The molecule has 1 aromatic carbocycles. The molecule has 1 rings (SSSR count). The Labute approximate surface area is 95.2 Å². The normalized spacial score (nSPS) is 11.9. The highest BCUT2D eigenvalue weighted by Gasteiger charge is 2.14. The minimum atomic E-state index is -0.0857. The summed E-state index contributed by atoms with van der Waals surface area (Å²) in [7, 11) is 1.75. The Bertz CT molecular complexity index is 358. The van der Waals surface area contributed by atoms with Crippen LogP contribution in [0.1, 0.15) is 18.5 Å². The first kappa shape index (κ1) is 11.8. The smallest absolute Gasteiger partial charge is 0.246 e. The minimum absolute atomic E-state index is 0.0211. The van der Waals surface area contributed by atoms with Crippen LogP contribution in [0, 0.1) is 0 Å². The van der Waals surface area contributed by atoms with Crippen LogP contribution in [0.3, 0.4) is 0 Å². The zero-order valence-corrected chi connectivity index (χ0v) is 9.66. The van der Waals surface area contributed by atoms with Gasteiger partial charge < -0.3 is 4.90 Å². The number of likely N-dealkylation sites (N-methyl/N-ethyl adjacent to an activating group) is 1. The fourth-order valence-corrected chi connectivity index (χ4v) is 1.43. The van der Waals surface area contributed by atoms with Crippen molar-refractivity contribution in [2.24, 2.45) is 0 Å². The molecule has 1 amide bonds. The molecule has 0 N–H and O–H groups in total. The highest BCUT2D eigenvalue weighted by molar-refractivity contribution is 6.30. The minimum Gasteiger partial charge on any atom is -0.335 e. The van der Waals surface area contributed by atoms with Crippen molar-refractivity contribution in [2.45, 2.75) is 13.0 Å². The quantitative estimate of drug-likeness (QED) is 0.722. The van der Waals surface area contributed by atoms with Crippen LogP contribution in [0.5, 0.6) is 0 Å². The fraction of sp³-hybridized carbons (Fsp3) is 0.250. The summed E-state index contributed by atoms with van der Waals surface area (Å²) in [5.74, 6) is -0.0857. The number of rotatable bonds is 3. The number of carbonyl (C=O) groups excluding carboxylic acids is 1. The van der Waals surface area contributed by atoms with Crippen LogP contribution in [0.2, 0.25) is 5.02 Å². The third-order valence-electron chi connectivity index (χ3n) is 2.46. The van der Waals surface area contributed by atoms with Gasteiger partial charge in [-0.1, -0.05) is 30.3 Å². The predicted octanol–water partition coefficient (Wildman–Crippen LogP) is 3.05. The lowest BCUT2D eigenvalue weighted by Gasteiger charge is -2.24. The first-order chi connectivity index (χ1) is 7.06. The molecule has 1 unspecified atom stereocenters. The lowest BCUT2D eigenvalue weighted by molar-refractivity contribution is -0.126. The zero-order valence-electron chi connectivity index (χ0n) is 8.90. The number of benzene rings is 1. The summed E-state index contributed by atoms with van der Waals surface area (Å²) >= 11 is 5.79. The molecule has 0 aliphatic rings. The van der Waals surface area contributed by atoms with Crippen molar-refractivity contribution in [1.82, 2.24) is 4.90 Å². The molecule has 0 aliphatic heterocycles. The molecule has 0 aliphatic carbocycles. The topological polar surface area (TPSA) is 20.3 Å². The van der Waals surface area contributed by atoms with Gasteiger partial charge in [-0.3, -0.25) is 4.79 Å². The predicted molar refractivity (Wildman–Crippen MR) is 62.8 cm³/mol. The van der Waals surface area contributed by atoms with Crippen LogP contribution in [-0.4, -0.2) is 17.9 Å². The van der Waals surface area contributed by atoms with E-state index in [1.165, 1.54) is 6.08 Å². The van der Waals surface area contributed by atoms with Gasteiger partial charge in [-0.05, 0) is 30.7 Å². The molecule has 3 heteroatoms. The molecular weight excluding hydrogens is 210 g/mol. The van der Waals surface area contributed by atoms with Gasteiger partial charge in [0.1, 0.15) is 0 Å². The molecular formula is C12H14ClNO. The summed E-state index contributed by atoms with van der Waals surface area (Å²) in [4.78, 5) is 13.0. The summed E-state index contributed by atoms with van der Waals surface area (Å²) in [6.45, 7) is 5.42. The average Bonchev–Trinajstić information content (AvgIpc) is 2.27. The Morgan fingerprint density at radius 1 is 1.47 bits per heavy atom. The van der Waals surface area contributed by atoms with Gasteiger partial charge in [0.15, 0.2) is 0 Å². The summed E-state index contributed by atoms with van der Waals surface area (Å²) in [5, 5.41) is 0.698. The van der Waals surface area contributed by atoms with Crippen LogP contribution in [0.15, 0.2) is 36.9 Å². The summed E-state index contributed by atoms with van der Waals surface area (Å²) < 4.78 is 0. The Hall–Kier alpha value is -1.28. The van der Waals surface area contributed by atoms with Crippen LogP contribution in [-0.2, 0) is 4.79 Å². The number of hydrogen-bond acceptors (Lipinski definition) is 1. The van der Waals surface area contributed by atoms with E-state index >= 15 is 0 Å². The molecule has 15 heavy (non-hydrogen) atoms. The van der Waals surface area contributed by atoms with E-state index in [9.17, 15) is 4.79 Å². The van der Waals surface area contributed by atoms with E-state index < -0.39 is 0 Å². The lowest BCUT2D eigenvalue weighted by atomic mass is 10.1. The van der Waals surface area contributed by atoms with Crippen molar-refractivity contribution >= 4 is 17.5 Å². The van der Waals surface area contributed by atoms with E-state index in [0.29, 0.717) is 5.02 Å². The van der Waals surface area contributed by atoms with Crippen LogP contribution < -0.4 is 0 Å². The second-order valence-corrected chi connectivity index (χ2v) is 3.82. The SMILES string of the molecule is C=CC(=O)N(C)C(C)c1ccc(Cl)cc1. The molecule has 0 saturated carbocycles. The van der Waals surface area contributed by atoms with Gasteiger partial charge in [0, 0.05) is 12.1 Å². The number of carbonyl (C=O) groups is 1. The second kappa shape index (κ2) is 4.99. The lowest BCUT2D eigenvalue weighted by Crippen LogP contribution is -2.27. The average molecular weight is 224 g/mol. The summed E-state index contributed by atoms with van der Waals surface area (Å²) in [5.41, 5.74) is 1.05. The number of amides is 1. The van der Waals surface area contributed by atoms with E-state index in [2.05, 4.69) is 6.58 Å². The highest BCUT2D eigenvalue weighted by atomic mass is 35.5. The molecule has 80 valence electrons. The first-order valence-electron chi connectivity index (χ1n) is 4.71. The summed E-state index contributed by atoms with van der Waals surface area (Å²) in [6, 6.07) is 7.49. The van der Waals surface area contributed by atoms with Crippen LogP contribution in [0.25, 0.3) is 0 Å². The van der Waals surface area contributed by atoms with Gasteiger partial charge in [0.05, 0.1) is 6.04 Å². The van der Waals surface area contributed by atoms with Crippen molar-refractivity contribution in [1.29, 1.82) is 0 Å². The maximum absolute atomic E-state index is 11.4. The van der Waals surface area contributed by atoms with E-state index in [4.69, 9.17) is 11.6 Å². The van der Waals surface area contributed by atoms with Crippen molar-refractivity contribution in [3.8, 4) is 0 Å². The van der Waals surface area contributed by atoms with E-state index in [-0.39, 0.29) is 11.9 Å². The Kier molecular flexibility index (Phi) is 3.92. The summed E-state index contributed by atoms with van der Waals surface area (Å²) in [6.07, 6.45) is 1.31. The van der Waals surface area contributed by atoms with Crippen molar-refractivity contribution in [3.05, 3.63) is 47.5 Å². The van der Waals surface area contributed by atoms with E-state index in [0.717, 1.165) is 5.56 Å². The van der Waals surface area contributed by atoms with Crippen molar-refractivity contribution in [2.75, 3.05) is 7.05 Å². The van der Waals surface area contributed by atoms with Crippen LogP contribution in [0.4, 0.5) is 0 Å². The molecule has 0 fully saturated rings. The third-order valence-corrected chi connectivity index (χ3v) is 2.71. The van der Waals surface area contributed by atoms with Gasteiger partial charge >= 0.3 is 0 Å². The molecule has 0 radical (unpaired) electrons. The maximum Gasteiger partial charge on any atom is 0.246 e. The van der Waals surface area contributed by atoms with Crippen LogP contribution >= 0.6 is 11.6 Å². The Balaban J connectivity index is 2.84. The Morgan fingerprint density at radius 2 is 2.00 bits per heavy atom. The number of hydrogen-bond donors (Lipinski definition) is 0. The van der Waals surface area contributed by atoms with Gasteiger partial charge in [-0.2, -0.15) is 0 Å².